The highest BCUT2D eigenvalue weighted by molar-refractivity contribution is 14.1. The van der Waals surface area contributed by atoms with Crippen molar-refractivity contribution in [2.45, 2.75) is 5.75 Å². The van der Waals surface area contributed by atoms with Gasteiger partial charge in [-0.25, -0.2) is 13.4 Å². The SMILES string of the molecule is CS(=O)(=O)Cc1nc(-c2ccccc2)c(I)c(=O)[nH]1. The van der Waals surface area contributed by atoms with Crippen molar-refractivity contribution in [1.29, 1.82) is 0 Å². The summed E-state index contributed by atoms with van der Waals surface area (Å²) in [7, 11) is -3.24. The van der Waals surface area contributed by atoms with E-state index in [1.54, 1.807) is 0 Å². The first-order chi connectivity index (χ1) is 8.87. The number of hydrogen-bond acceptors (Lipinski definition) is 4. The smallest absolute Gasteiger partial charge is 0.264 e. The summed E-state index contributed by atoms with van der Waals surface area (Å²) >= 11 is 1.91. The molecule has 0 unspecified atom stereocenters. The third kappa shape index (κ3) is 3.63. The van der Waals surface area contributed by atoms with Gasteiger partial charge >= 0.3 is 0 Å². The van der Waals surface area contributed by atoms with Gasteiger partial charge in [0.15, 0.2) is 9.84 Å². The highest BCUT2D eigenvalue weighted by Gasteiger charge is 2.13. The largest absolute Gasteiger partial charge is 0.309 e. The van der Waals surface area contributed by atoms with Gasteiger partial charge in [0.25, 0.3) is 5.56 Å². The van der Waals surface area contributed by atoms with Crippen LogP contribution in [-0.4, -0.2) is 24.6 Å². The lowest BCUT2D eigenvalue weighted by molar-refractivity contribution is 0.599. The first kappa shape index (κ1) is 14.2. The van der Waals surface area contributed by atoms with E-state index in [0.29, 0.717) is 9.26 Å². The maximum Gasteiger partial charge on any atom is 0.264 e. The third-order valence-electron chi connectivity index (χ3n) is 2.36. The van der Waals surface area contributed by atoms with Crippen molar-refractivity contribution in [1.82, 2.24) is 9.97 Å². The molecule has 7 heteroatoms. The number of rotatable bonds is 3. The fraction of sp³-hybridized carbons (Fsp3) is 0.167. The minimum absolute atomic E-state index is 0.159. The molecule has 0 aliphatic heterocycles. The Hall–Kier alpha value is -1.22. The molecule has 0 aliphatic rings. The Morgan fingerprint density at radius 1 is 1.26 bits per heavy atom. The van der Waals surface area contributed by atoms with Gasteiger partial charge < -0.3 is 4.98 Å². The zero-order valence-electron chi connectivity index (χ0n) is 10.1. The van der Waals surface area contributed by atoms with Gasteiger partial charge in [-0.15, -0.1) is 0 Å². The summed E-state index contributed by atoms with van der Waals surface area (Å²) in [4.78, 5) is 18.6. The zero-order chi connectivity index (χ0) is 14.0. The Kier molecular flexibility index (Phi) is 4.04. The molecule has 19 heavy (non-hydrogen) atoms. The number of nitrogens with one attached hydrogen (secondary N) is 1. The second kappa shape index (κ2) is 5.41. The summed E-state index contributed by atoms with van der Waals surface area (Å²) in [5.74, 6) is -0.120. The number of nitrogens with zero attached hydrogens (tertiary/aromatic N) is 1. The van der Waals surface area contributed by atoms with Crippen molar-refractivity contribution >= 4 is 32.4 Å². The second-order valence-corrected chi connectivity index (χ2v) is 7.33. The highest BCUT2D eigenvalue weighted by Crippen LogP contribution is 2.20. The van der Waals surface area contributed by atoms with Crippen molar-refractivity contribution < 1.29 is 8.42 Å². The van der Waals surface area contributed by atoms with E-state index in [1.807, 2.05) is 52.9 Å². The Morgan fingerprint density at radius 3 is 2.47 bits per heavy atom. The van der Waals surface area contributed by atoms with Crippen molar-refractivity contribution in [3.8, 4) is 11.3 Å². The summed E-state index contributed by atoms with van der Waals surface area (Å²) in [5, 5.41) is 0. The molecule has 0 spiro atoms. The normalized spacial score (nSPS) is 11.5. The van der Waals surface area contributed by atoms with Crippen LogP contribution in [0.15, 0.2) is 35.1 Å². The van der Waals surface area contributed by atoms with Crippen LogP contribution in [0.5, 0.6) is 0 Å². The molecule has 0 amide bonds. The molecule has 0 saturated carbocycles. The molecule has 1 aromatic carbocycles. The minimum atomic E-state index is -3.24. The van der Waals surface area contributed by atoms with Gasteiger partial charge in [-0.05, 0) is 22.6 Å². The fourth-order valence-electron chi connectivity index (χ4n) is 1.61. The Labute approximate surface area is 124 Å². The lowest BCUT2D eigenvalue weighted by Gasteiger charge is -2.06. The predicted octanol–water partition coefficient (Wildman–Crippen LogP) is 1.59. The first-order valence-electron chi connectivity index (χ1n) is 5.38. The van der Waals surface area contributed by atoms with Gasteiger partial charge in [0.05, 0.1) is 5.69 Å². The maximum atomic E-state index is 11.8. The number of hydrogen-bond donors (Lipinski definition) is 1. The number of aromatic nitrogens is 2. The quantitative estimate of drug-likeness (QED) is 0.808. The number of aromatic amines is 1. The summed E-state index contributed by atoms with van der Waals surface area (Å²) in [5.41, 5.74) is 0.962. The van der Waals surface area contributed by atoms with Gasteiger partial charge in [-0.1, -0.05) is 30.3 Å². The van der Waals surface area contributed by atoms with E-state index >= 15 is 0 Å². The summed E-state index contributed by atoms with van der Waals surface area (Å²) in [6, 6.07) is 9.19. The number of H-pyrrole nitrogens is 1. The maximum absolute atomic E-state index is 11.8. The molecule has 0 fully saturated rings. The van der Waals surface area contributed by atoms with Gasteiger partial charge in [-0.2, -0.15) is 0 Å². The molecular weight excluding hydrogens is 379 g/mol. The molecule has 2 rings (SSSR count). The Balaban J connectivity index is 2.59. The van der Waals surface area contributed by atoms with Crippen molar-refractivity contribution in [2.75, 3.05) is 6.26 Å². The van der Waals surface area contributed by atoms with E-state index in [-0.39, 0.29) is 17.1 Å². The van der Waals surface area contributed by atoms with E-state index in [9.17, 15) is 13.2 Å². The summed E-state index contributed by atoms with van der Waals surface area (Å²) < 4.78 is 23.0. The van der Waals surface area contributed by atoms with Crippen LogP contribution >= 0.6 is 22.6 Å². The Bertz CT molecular complexity index is 754. The fourth-order valence-corrected chi connectivity index (χ4v) is 2.81. The topological polar surface area (TPSA) is 79.9 Å². The molecule has 1 aromatic heterocycles. The van der Waals surface area contributed by atoms with E-state index in [1.165, 1.54) is 0 Å². The molecule has 100 valence electrons. The van der Waals surface area contributed by atoms with Gasteiger partial charge in [-0.3, -0.25) is 4.79 Å². The van der Waals surface area contributed by atoms with Crippen LogP contribution in [0.3, 0.4) is 0 Å². The molecule has 5 nitrogen and oxygen atoms in total. The zero-order valence-corrected chi connectivity index (χ0v) is 13.0. The molecule has 1 heterocycles. The number of halogens is 1. The van der Waals surface area contributed by atoms with E-state index < -0.39 is 9.84 Å². The van der Waals surface area contributed by atoms with E-state index in [0.717, 1.165) is 11.8 Å². The monoisotopic (exact) mass is 390 g/mol. The standard InChI is InChI=1S/C12H11IN2O3S/c1-19(17,18)7-9-14-11(10(13)12(16)15-9)8-5-3-2-4-6-8/h2-6H,7H2,1H3,(H,14,15,16). The lowest BCUT2D eigenvalue weighted by Crippen LogP contribution is -2.18. The van der Waals surface area contributed by atoms with Crippen LogP contribution in [0.4, 0.5) is 0 Å². The number of benzene rings is 1. The highest BCUT2D eigenvalue weighted by atomic mass is 127. The second-order valence-electron chi connectivity index (χ2n) is 4.11. The summed E-state index contributed by atoms with van der Waals surface area (Å²) in [6.07, 6.45) is 1.10. The average Bonchev–Trinajstić information content (AvgIpc) is 2.33. The van der Waals surface area contributed by atoms with Crippen LogP contribution in [0.25, 0.3) is 11.3 Å². The van der Waals surface area contributed by atoms with E-state index in [2.05, 4.69) is 9.97 Å². The van der Waals surface area contributed by atoms with Crippen molar-refractivity contribution in [2.24, 2.45) is 0 Å². The number of sulfone groups is 1. The lowest BCUT2D eigenvalue weighted by atomic mass is 10.1. The predicted molar refractivity (Wildman–Crippen MR) is 81.6 cm³/mol. The molecule has 0 aliphatic carbocycles. The molecule has 0 radical (unpaired) electrons. The summed E-state index contributed by atoms with van der Waals surface area (Å²) in [6.45, 7) is 0. The molecule has 0 bridgehead atoms. The first-order valence-corrected chi connectivity index (χ1v) is 8.52. The van der Waals surface area contributed by atoms with E-state index in [4.69, 9.17) is 0 Å². The van der Waals surface area contributed by atoms with Crippen LogP contribution in [0.2, 0.25) is 0 Å². The molecule has 0 atom stereocenters. The van der Waals surface area contributed by atoms with Crippen LogP contribution < -0.4 is 5.56 Å². The van der Waals surface area contributed by atoms with Gasteiger partial charge in [0.1, 0.15) is 15.1 Å². The molecule has 0 saturated heterocycles. The minimum Gasteiger partial charge on any atom is -0.309 e. The third-order valence-corrected chi connectivity index (χ3v) is 4.16. The van der Waals surface area contributed by atoms with Crippen molar-refractivity contribution in [3.63, 3.8) is 0 Å². The van der Waals surface area contributed by atoms with Gasteiger partial charge in [0, 0.05) is 11.8 Å². The van der Waals surface area contributed by atoms with Crippen LogP contribution in [-0.2, 0) is 15.6 Å². The van der Waals surface area contributed by atoms with Gasteiger partial charge in [0.2, 0.25) is 0 Å². The van der Waals surface area contributed by atoms with Crippen molar-refractivity contribution in [3.05, 3.63) is 50.1 Å². The molecular formula is C12H11IN2O3S. The molecule has 2 aromatic rings. The Morgan fingerprint density at radius 2 is 1.89 bits per heavy atom. The molecule has 1 N–H and O–H groups in total. The average molecular weight is 390 g/mol. The van der Waals surface area contributed by atoms with Crippen LogP contribution in [0.1, 0.15) is 5.82 Å². The van der Waals surface area contributed by atoms with Crippen LogP contribution in [0, 0.1) is 3.57 Å².